The zero-order valence-electron chi connectivity index (χ0n) is 14.7. The Balaban J connectivity index is 1.82. The van der Waals surface area contributed by atoms with E-state index < -0.39 is 0 Å². The van der Waals surface area contributed by atoms with Crippen molar-refractivity contribution < 1.29 is 4.79 Å². The first kappa shape index (κ1) is 18.5. The summed E-state index contributed by atoms with van der Waals surface area (Å²) in [5, 5.41) is 6.98. The first-order valence-corrected chi connectivity index (χ1v) is 9.33. The summed E-state index contributed by atoms with van der Waals surface area (Å²) in [7, 11) is 0. The van der Waals surface area contributed by atoms with Crippen molar-refractivity contribution in [3.8, 4) is 11.3 Å². The molecule has 0 atom stereocenters. The number of halogens is 2. The van der Waals surface area contributed by atoms with Gasteiger partial charge in [0.05, 0.1) is 12.1 Å². The van der Waals surface area contributed by atoms with Gasteiger partial charge >= 0.3 is 0 Å². The molecule has 0 bridgehead atoms. The van der Waals surface area contributed by atoms with E-state index >= 15 is 0 Å². The summed E-state index contributed by atoms with van der Waals surface area (Å²) in [5.74, 6) is 4.91. The van der Waals surface area contributed by atoms with E-state index in [-0.39, 0.29) is 5.91 Å². The topological polar surface area (TPSA) is 72.9 Å². The van der Waals surface area contributed by atoms with Crippen LogP contribution in [0.5, 0.6) is 0 Å². The summed E-state index contributed by atoms with van der Waals surface area (Å²) in [6.07, 6.45) is 0. The summed E-state index contributed by atoms with van der Waals surface area (Å²) in [5.41, 5.74) is 6.13. The smallest absolute Gasteiger partial charge is 0.265 e. The van der Waals surface area contributed by atoms with Gasteiger partial charge in [0.25, 0.3) is 5.91 Å². The SMILES string of the molecule is NNC(=O)c1cccc(-c2nn(Cc3ccc(Cl)cc3Cl)c3ccccc23)c1. The van der Waals surface area contributed by atoms with Crippen LogP contribution in [0, 0.1) is 0 Å². The maximum atomic E-state index is 11.9. The molecular weight excluding hydrogens is 395 g/mol. The molecule has 0 saturated carbocycles. The number of fused-ring (bicyclic) bond motifs is 1. The number of amides is 1. The number of carbonyl (C=O) groups excluding carboxylic acids is 1. The molecule has 0 aliphatic rings. The van der Waals surface area contributed by atoms with E-state index in [4.69, 9.17) is 34.1 Å². The Labute approximate surface area is 171 Å². The fourth-order valence-electron chi connectivity index (χ4n) is 3.16. The van der Waals surface area contributed by atoms with Crippen molar-refractivity contribution in [2.24, 2.45) is 5.84 Å². The van der Waals surface area contributed by atoms with Gasteiger partial charge < -0.3 is 0 Å². The van der Waals surface area contributed by atoms with E-state index in [0.717, 1.165) is 27.7 Å². The van der Waals surface area contributed by atoms with Crippen molar-refractivity contribution in [1.82, 2.24) is 15.2 Å². The third kappa shape index (κ3) is 3.47. The molecule has 1 aromatic heterocycles. The second-order valence-corrected chi connectivity index (χ2v) is 7.16. The molecule has 0 fully saturated rings. The zero-order valence-corrected chi connectivity index (χ0v) is 16.2. The molecule has 3 aromatic carbocycles. The van der Waals surface area contributed by atoms with Crippen LogP contribution in [0.15, 0.2) is 66.7 Å². The second-order valence-electron chi connectivity index (χ2n) is 6.31. The van der Waals surface area contributed by atoms with E-state index in [9.17, 15) is 4.79 Å². The number of nitrogen functional groups attached to an aromatic ring is 1. The third-order valence-corrected chi connectivity index (χ3v) is 5.11. The summed E-state index contributed by atoms with van der Waals surface area (Å²) < 4.78 is 1.90. The predicted octanol–water partition coefficient (Wildman–Crippen LogP) is 4.66. The van der Waals surface area contributed by atoms with Crippen molar-refractivity contribution in [3.05, 3.63) is 87.9 Å². The molecule has 4 rings (SSSR count). The molecule has 0 aliphatic carbocycles. The molecule has 0 spiro atoms. The number of rotatable bonds is 4. The van der Waals surface area contributed by atoms with E-state index in [1.54, 1.807) is 18.2 Å². The summed E-state index contributed by atoms with van der Waals surface area (Å²) in [6, 6.07) is 20.6. The fourth-order valence-corrected chi connectivity index (χ4v) is 3.63. The highest BCUT2D eigenvalue weighted by atomic mass is 35.5. The number of hydrogen-bond acceptors (Lipinski definition) is 3. The number of hydrazine groups is 1. The van der Waals surface area contributed by atoms with Crippen molar-refractivity contribution in [2.75, 3.05) is 0 Å². The van der Waals surface area contributed by atoms with Crippen LogP contribution in [0.3, 0.4) is 0 Å². The summed E-state index contributed by atoms with van der Waals surface area (Å²) in [4.78, 5) is 11.9. The lowest BCUT2D eigenvalue weighted by Gasteiger charge is -2.06. The van der Waals surface area contributed by atoms with Gasteiger partial charge in [-0.05, 0) is 35.9 Å². The molecule has 0 saturated heterocycles. The molecule has 7 heteroatoms. The minimum absolute atomic E-state index is 0.349. The zero-order chi connectivity index (χ0) is 19.7. The van der Waals surface area contributed by atoms with Crippen LogP contribution in [-0.2, 0) is 6.54 Å². The largest absolute Gasteiger partial charge is 0.290 e. The average Bonchev–Trinajstić information content (AvgIpc) is 3.08. The Kier molecular flexibility index (Phi) is 5.05. The molecule has 140 valence electrons. The van der Waals surface area contributed by atoms with E-state index in [2.05, 4.69) is 5.43 Å². The lowest BCUT2D eigenvalue weighted by Crippen LogP contribution is -2.29. The normalized spacial score (nSPS) is 11.0. The highest BCUT2D eigenvalue weighted by Crippen LogP contribution is 2.30. The minimum Gasteiger partial charge on any atom is -0.290 e. The van der Waals surface area contributed by atoms with Gasteiger partial charge in [-0.25, -0.2) is 5.84 Å². The van der Waals surface area contributed by atoms with Crippen LogP contribution in [-0.4, -0.2) is 15.7 Å². The van der Waals surface area contributed by atoms with E-state index in [1.807, 2.05) is 53.2 Å². The van der Waals surface area contributed by atoms with Crippen LogP contribution >= 0.6 is 23.2 Å². The first-order chi connectivity index (χ1) is 13.6. The van der Waals surface area contributed by atoms with E-state index in [1.165, 1.54) is 0 Å². The van der Waals surface area contributed by atoms with Gasteiger partial charge in [0.15, 0.2) is 0 Å². The van der Waals surface area contributed by atoms with Gasteiger partial charge in [0.2, 0.25) is 0 Å². The van der Waals surface area contributed by atoms with Crippen LogP contribution < -0.4 is 11.3 Å². The highest BCUT2D eigenvalue weighted by molar-refractivity contribution is 6.35. The Bertz CT molecular complexity index is 1190. The monoisotopic (exact) mass is 410 g/mol. The lowest BCUT2D eigenvalue weighted by molar-refractivity contribution is 0.0953. The van der Waals surface area contributed by atoms with Crippen LogP contribution in [0.2, 0.25) is 10.0 Å². The summed E-state index contributed by atoms with van der Waals surface area (Å²) >= 11 is 12.3. The number of nitrogens with zero attached hydrogens (tertiary/aromatic N) is 2. The molecule has 5 nitrogen and oxygen atoms in total. The number of nitrogens with one attached hydrogen (secondary N) is 1. The minimum atomic E-state index is -0.349. The Hall–Kier alpha value is -2.86. The number of para-hydroxylation sites is 1. The molecule has 4 aromatic rings. The number of hydrogen-bond donors (Lipinski definition) is 2. The number of benzene rings is 3. The first-order valence-electron chi connectivity index (χ1n) is 8.57. The molecule has 0 unspecified atom stereocenters. The van der Waals surface area contributed by atoms with Crippen molar-refractivity contribution in [3.63, 3.8) is 0 Å². The van der Waals surface area contributed by atoms with Crippen molar-refractivity contribution in [1.29, 1.82) is 0 Å². The van der Waals surface area contributed by atoms with Crippen LogP contribution in [0.4, 0.5) is 0 Å². The van der Waals surface area contributed by atoms with Gasteiger partial charge in [-0.15, -0.1) is 0 Å². The Morgan fingerprint density at radius 1 is 1.04 bits per heavy atom. The summed E-state index contributed by atoms with van der Waals surface area (Å²) in [6.45, 7) is 0.499. The standard InChI is InChI=1S/C21H16Cl2N4O/c22-16-9-8-15(18(23)11-16)12-27-19-7-2-1-6-17(19)20(26-27)13-4-3-5-14(10-13)21(28)25-24/h1-11H,12,24H2,(H,25,28). The maximum absolute atomic E-state index is 11.9. The average molecular weight is 411 g/mol. The fraction of sp³-hybridized carbons (Fsp3) is 0.0476. The quantitative estimate of drug-likeness (QED) is 0.291. The van der Waals surface area contributed by atoms with Crippen molar-refractivity contribution in [2.45, 2.75) is 6.54 Å². The number of carbonyl (C=O) groups is 1. The van der Waals surface area contributed by atoms with E-state index in [0.29, 0.717) is 22.2 Å². The molecule has 28 heavy (non-hydrogen) atoms. The van der Waals surface area contributed by atoms with Gasteiger partial charge in [-0.3, -0.25) is 14.9 Å². The number of nitrogens with two attached hydrogens (primary N) is 1. The molecule has 0 aliphatic heterocycles. The Morgan fingerprint density at radius 2 is 1.86 bits per heavy atom. The molecule has 1 amide bonds. The third-order valence-electron chi connectivity index (χ3n) is 4.52. The molecular formula is C21H16Cl2N4O. The molecule has 0 radical (unpaired) electrons. The van der Waals surface area contributed by atoms with Crippen molar-refractivity contribution >= 4 is 40.0 Å². The van der Waals surface area contributed by atoms with Crippen LogP contribution in [0.1, 0.15) is 15.9 Å². The molecule has 3 N–H and O–H groups in total. The predicted molar refractivity (Wildman–Crippen MR) is 112 cm³/mol. The maximum Gasteiger partial charge on any atom is 0.265 e. The lowest BCUT2D eigenvalue weighted by atomic mass is 10.0. The number of aromatic nitrogens is 2. The van der Waals surface area contributed by atoms with Crippen LogP contribution in [0.25, 0.3) is 22.2 Å². The van der Waals surface area contributed by atoms with Gasteiger partial charge in [0, 0.05) is 26.6 Å². The van der Waals surface area contributed by atoms with Gasteiger partial charge in [0.1, 0.15) is 5.69 Å². The second kappa shape index (κ2) is 7.64. The Morgan fingerprint density at radius 3 is 2.64 bits per heavy atom. The molecule has 1 heterocycles. The highest BCUT2D eigenvalue weighted by Gasteiger charge is 2.15. The van der Waals surface area contributed by atoms with Gasteiger partial charge in [-0.1, -0.05) is 59.6 Å². The van der Waals surface area contributed by atoms with Gasteiger partial charge in [-0.2, -0.15) is 5.10 Å².